The van der Waals surface area contributed by atoms with Gasteiger partial charge in [-0.1, -0.05) is 0 Å². The predicted octanol–water partition coefficient (Wildman–Crippen LogP) is 5.96. The standard InChI is InChI=1S/C26H14N8O8/c35-31(36)23-12-21(24(32(37)38)26(34(41)42)25(23)33(39)40)20-10-19-9-17-4-3-15(28-17)7-13-1-2-14(27-13)8-16-5-6-18(29-16)11-22(20)30-19/h1-12,27,30H. The first-order valence-corrected chi connectivity index (χ1v) is 11.9. The van der Waals surface area contributed by atoms with Crippen molar-refractivity contribution in [2.75, 3.05) is 0 Å². The first-order chi connectivity index (χ1) is 20.1. The van der Waals surface area contributed by atoms with Gasteiger partial charge in [0.2, 0.25) is 0 Å². The molecule has 2 aliphatic heterocycles. The lowest BCUT2D eigenvalue weighted by molar-refractivity contribution is -0.451. The average Bonchev–Trinajstić information content (AvgIpc) is 3.72. The molecule has 0 radical (unpaired) electrons. The number of nitro benzene ring substituents is 4. The highest BCUT2D eigenvalue weighted by Crippen LogP contribution is 2.49. The Bertz CT molecular complexity index is 2130. The van der Waals surface area contributed by atoms with E-state index in [-0.39, 0.29) is 11.1 Å². The van der Waals surface area contributed by atoms with Crippen molar-refractivity contribution in [3.8, 4) is 11.1 Å². The summed E-state index contributed by atoms with van der Waals surface area (Å²) >= 11 is 0. The van der Waals surface area contributed by atoms with Crippen LogP contribution in [0.15, 0.2) is 48.5 Å². The van der Waals surface area contributed by atoms with Gasteiger partial charge in [0, 0.05) is 33.7 Å². The van der Waals surface area contributed by atoms with E-state index in [9.17, 15) is 40.5 Å². The Kier molecular flexibility index (Phi) is 5.85. The Balaban J connectivity index is 1.75. The van der Waals surface area contributed by atoms with Crippen LogP contribution in [-0.2, 0) is 0 Å². The molecule has 0 amide bonds. The van der Waals surface area contributed by atoms with Gasteiger partial charge in [-0.25, -0.2) is 9.97 Å². The number of hydrogen-bond donors (Lipinski definition) is 2. The van der Waals surface area contributed by atoms with Crippen LogP contribution in [0.25, 0.3) is 57.5 Å². The van der Waals surface area contributed by atoms with E-state index in [1.54, 1.807) is 36.4 Å². The summed E-state index contributed by atoms with van der Waals surface area (Å²) in [5.41, 5.74) is -2.20. The third-order valence-corrected chi connectivity index (χ3v) is 6.43. The molecule has 0 unspecified atom stereocenters. The number of nitro groups is 4. The Morgan fingerprint density at radius 1 is 0.500 bits per heavy atom. The lowest BCUT2D eigenvalue weighted by Gasteiger charge is -2.04. The second kappa shape index (κ2) is 9.56. The number of H-pyrrole nitrogens is 2. The minimum absolute atomic E-state index is 0.0566. The van der Waals surface area contributed by atoms with Gasteiger partial charge in [0.1, 0.15) is 0 Å². The number of aromatic nitrogens is 4. The molecule has 1 aromatic carbocycles. The van der Waals surface area contributed by atoms with Gasteiger partial charge in [-0.05, 0) is 66.8 Å². The summed E-state index contributed by atoms with van der Waals surface area (Å²) in [6, 6.07) is 12.4. The maximum absolute atomic E-state index is 12.2. The van der Waals surface area contributed by atoms with Crippen LogP contribution in [0.4, 0.5) is 22.7 Å². The molecular weight excluding hydrogens is 552 g/mol. The molecule has 16 nitrogen and oxygen atoms in total. The van der Waals surface area contributed by atoms with Crippen LogP contribution in [0.1, 0.15) is 22.8 Å². The van der Waals surface area contributed by atoms with Crippen molar-refractivity contribution in [1.82, 2.24) is 19.9 Å². The van der Waals surface area contributed by atoms with Crippen molar-refractivity contribution in [3.05, 3.63) is 112 Å². The summed E-state index contributed by atoms with van der Waals surface area (Å²) in [4.78, 5) is 57.7. The van der Waals surface area contributed by atoms with Crippen molar-refractivity contribution >= 4 is 69.1 Å². The lowest BCUT2D eigenvalue weighted by Crippen LogP contribution is -2.06. The van der Waals surface area contributed by atoms with Gasteiger partial charge in [-0.3, -0.25) is 40.5 Å². The molecule has 0 saturated heterocycles. The molecule has 5 heterocycles. The fourth-order valence-corrected chi connectivity index (χ4v) is 4.76. The Morgan fingerprint density at radius 3 is 1.50 bits per heavy atom. The minimum Gasteiger partial charge on any atom is -0.355 e. The molecule has 3 aromatic heterocycles. The molecule has 16 heteroatoms. The quantitative estimate of drug-likeness (QED) is 0.184. The molecule has 0 saturated carbocycles. The van der Waals surface area contributed by atoms with Crippen LogP contribution in [-0.4, -0.2) is 39.6 Å². The third kappa shape index (κ3) is 4.49. The van der Waals surface area contributed by atoms with Gasteiger partial charge < -0.3 is 9.97 Å². The summed E-state index contributed by atoms with van der Waals surface area (Å²) in [6.45, 7) is 0. The highest BCUT2D eigenvalue weighted by atomic mass is 16.7. The summed E-state index contributed by atoms with van der Waals surface area (Å²) in [5.74, 6) is 0. The van der Waals surface area contributed by atoms with Crippen LogP contribution in [0.2, 0.25) is 0 Å². The molecule has 6 rings (SSSR count). The van der Waals surface area contributed by atoms with Gasteiger partial charge in [0.25, 0.3) is 0 Å². The highest BCUT2D eigenvalue weighted by molar-refractivity contribution is 5.96. The highest BCUT2D eigenvalue weighted by Gasteiger charge is 2.47. The molecular formula is C26H14N8O8. The number of fused-ring (bicyclic) bond motifs is 8. The maximum atomic E-state index is 12.2. The third-order valence-electron chi connectivity index (χ3n) is 6.43. The van der Waals surface area contributed by atoms with Gasteiger partial charge in [0.15, 0.2) is 0 Å². The molecule has 0 fully saturated rings. The zero-order chi connectivity index (χ0) is 29.7. The maximum Gasteiger partial charge on any atom is 0.430 e. The summed E-state index contributed by atoms with van der Waals surface area (Å²) in [6.07, 6.45) is 6.87. The smallest absolute Gasteiger partial charge is 0.355 e. The fraction of sp³-hybridized carbons (Fsp3) is 0. The van der Waals surface area contributed by atoms with Crippen molar-refractivity contribution < 1.29 is 19.7 Å². The zero-order valence-corrected chi connectivity index (χ0v) is 20.9. The second-order valence-electron chi connectivity index (χ2n) is 9.11. The molecule has 2 aliphatic rings. The van der Waals surface area contributed by atoms with Crippen LogP contribution >= 0.6 is 0 Å². The van der Waals surface area contributed by atoms with Gasteiger partial charge in [-0.15, -0.1) is 0 Å². The van der Waals surface area contributed by atoms with Crippen LogP contribution in [0.5, 0.6) is 0 Å². The van der Waals surface area contributed by atoms with Crippen molar-refractivity contribution in [2.45, 2.75) is 0 Å². The number of hydrogen-bond acceptors (Lipinski definition) is 10. The topological polar surface area (TPSA) is 230 Å². The molecule has 0 atom stereocenters. The number of benzene rings is 1. The predicted molar refractivity (Wildman–Crippen MR) is 151 cm³/mol. The number of aromatic amines is 2. The van der Waals surface area contributed by atoms with E-state index in [0.29, 0.717) is 34.4 Å². The van der Waals surface area contributed by atoms with Crippen LogP contribution in [0, 0.1) is 40.5 Å². The van der Waals surface area contributed by atoms with E-state index < -0.39 is 48.0 Å². The lowest BCUT2D eigenvalue weighted by atomic mass is 10.0. The monoisotopic (exact) mass is 566 g/mol. The first-order valence-electron chi connectivity index (χ1n) is 11.9. The van der Waals surface area contributed by atoms with Gasteiger partial charge >= 0.3 is 22.7 Å². The Labute approximate surface area is 231 Å². The Hall–Kier alpha value is -6.58. The van der Waals surface area contributed by atoms with Gasteiger partial charge in [0.05, 0.1) is 48.0 Å². The van der Waals surface area contributed by atoms with E-state index in [1.165, 1.54) is 12.1 Å². The van der Waals surface area contributed by atoms with Crippen molar-refractivity contribution in [3.63, 3.8) is 0 Å². The molecule has 206 valence electrons. The Morgan fingerprint density at radius 2 is 1.00 bits per heavy atom. The van der Waals surface area contributed by atoms with E-state index >= 15 is 0 Å². The summed E-state index contributed by atoms with van der Waals surface area (Å²) < 4.78 is 0. The molecule has 0 aliphatic carbocycles. The van der Waals surface area contributed by atoms with E-state index in [1.807, 2.05) is 18.2 Å². The molecule has 2 N–H and O–H groups in total. The summed E-state index contributed by atoms with van der Waals surface area (Å²) in [7, 11) is 0. The zero-order valence-electron chi connectivity index (χ0n) is 20.9. The van der Waals surface area contributed by atoms with E-state index in [4.69, 9.17) is 0 Å². The normalized spacial score (nSPS) is 11.9. The largest absolute Gasteiger partial charge is 0.430 e. The molecule has 0 spiro atoms. The fourth-order valence-electron chi connectivity index (χ4n) is 4.76. The van der Waals surface area contributed by atoms with Crippen molar-refractivity contribution in [1.29, 1.82) is 0 Å². The second-order valence-corrected chi connectivity index (χ2v) is 9.11. The minimum atomic E-state index is -1.60. The van der Waals surface area contributed by atoms with Crippen LogP contribution in [0.3, 0.4) is 0 Å². The van der Waals surface area contributed by atoms with Crippen molar-refractivity contribution in [2.24, 2.45) is 0 Å². The van der Waals surface area contributed by atoms with Crippen LogP contribution < -0.4 is 0 Å². The van der Waals surface area contributed by atoms with E-state index in [0.717, 1.165) is 11.0 Å². The average molecular weight is 566 g/mol. The number of nitrogens with zero attached hydrogens (tertiary/aromatic N) is 6. The SMILES string of the molecule is O=[N+]([O-])c1cc(-c2cc3cc4nc(cc5ccc(cc6nc(cc2[nH]3)C=C6)[nH]5)C=C4)c([N+](=O)[O-])c([N+](=O)[O-])c1[N+](=O)[O-]. The van der Waals surface area contributed by atoms with Gasteiger partial charge in [-0.2, -0.15) is 0 Å². The molecule has 8 bridgehead atoms. The molecule has 4 aromatic rings. The number of rotatable bonds is 5. The number of nitrogens with one attached hydrogen (secondary N) is 2. The van der Waals surface area contributed by atoms with E-state index in [2.05, 4.69) is 19.9 Å². The first kappa shape index (κ1) is 25.7. The molecule has 42 heavy (non-hydrogen) atoms. The summed E-state index contributed by atoms with van der Waals surface area (Å²) in [5, 5.41) is 47.5.